The van der Waals surface area contributed by atoms with Crippen LogP contribution < -0.4 is 0 Å². The van der Waals surface area contributed by atoms with Crippen molar-refractivity contribution in [2.45, 2.75) is 43.5 Å². The van der Waals surface area contributed by atoms with Crippen LogP contribution in [0.1, 0.15) is 32.1 Å². The second-order valence-electron chi connectivity index (χ2n) is 4.29. The van der Waals surface area contributed by atoms with Crippen molar-refractivity contribution < 1.29 is 18.4 Å². The van der Waals surface area contributed by atoms with Crippen molar-refractivity contribution in [1.82, 2.24) is 0 Å². The van der Waals surface area contributed by atoms with Crippen LogP contribution in [-0.2, 0) is 0 Å². The van der Waals surface area contributed by atoms with Gasteiger partial charge < -0.3 is 5.21 Å². The summed E-state index contributed by atoms with van der Waals surface area (Å²) in [4.78, 5) is 0. The van der Waals surface area contributed by atoms with Crippen LogP contribution in [0, 0.1) is 17.2 Å². The Bertz CT molecular complexity index is 328. The van der Waals surface area contributed by atoms with E-state index in [4.69, 9.17) is 10.5 Å². The lowest BCUT2D eigenvalue weighted by atomic mass is 9.86. The molecular formula is C11H15F3N2OS. The first-order valence-electron chi connectivity index (χ1n) is 5.74. The number of rotatable bonds is 4. The fraction of sp³-hybridized carbons (Fsp3) is 0.818. The van der Waals surface area contributed by atoms with Crippen LogP contribution in [0.2, 0.25) is 0 Å². The Morgan fingerprint density at radius 2 is 2.06 bits per heavy atom. The molecule has 102 valence electrons. The maximum absolute atomic E-state index is 12.0. The van der Waals surface area contributed by atoms with Crippen molar-refractivity contribution in [2.75, 3.05) is 5.75 Å². The second kappa shape index (κ2) is 6.88. The van der Waals surface area contributed by atoms with Gasteiger partial charge >= 0.3 is 6.18 Å². The number of hydrogen-bond donors (Lipinski definition) is 1. The molecule has 0 aromatic carbocycles. The molecule has 1 N–H and O–H groups in total. The van der Waals surface area contributed by atoms with Gasteiger partial charge in [-0.15, -0.1) is 11.8 Å². The van der Waals surface area contributed by atoms with Gasteiger partial charge in [-0.3, -0.25) is 0 Å². The quantitative estimate of drug-likeness (QED) is 0.632. The molecule has 1 saturated carbocycles. The third-order valence-electron chi connectivity index (χ3n) is 2.99. The molecule has 1 aliphatic carbocycles. The van der Waals surface area contributed by atoms with Crippen molar-refractivity contribution in [1.29, 1.82) is 5.26 Å². The first kappa shape index (κ1) is 15.2. The molecule has 1 atom stereocenters. The molecule has 1 rings (SSSR count). The highest BCUT2D eigenvalue weighted by atomic mass is 32.2. The SMILES string of the molecule is N#CC(SCCC(F)(F)F)C1CCC(=NO)CC1. The lowest BCUT2D eigenvalue weighted by Crippen LogP contribution is -2.23. The molecule has 0 radical (unpaired) electrons. The summed E-state index contributed by atoms with van der Waals surface area (Å²) in [5.74, 6) is 0.0258. The van der Waals surface area contributed by atoms with Crippen LogP contribution in [0.25, 0.3) is 0 Å². The third-order valence-corrected chi connectivity index (χ3v) is 4.28. The zero-order valence-corrected chi connectivity index (χ0v) is 10.6. The summed E-state index contributed by atoms with van der Waals surface area (Å²) >= 11 is 1.08. The zero-order valence-electron chi connectivity index (χ0n) is 9.78. The van der Waals surface area contributed by atoms with Crippen LogP contribution in [0.15, 0.2) is 5.16 Å². The molecule has 1 unspecified atom stereocenters. The standard InChI is InChI=1S/C11H15F3N2OS/c12-11(13,14)5-6-18-10(7-15)8-1-3-9(16-17)4-2-8/h8,10,17H,1-6H2. The van der Waals surface area contributed by atoms with E-state index in [9.17, 15) is 13.2 Å². The monoisotopic (exact) mass is 280 g/mol. The number of hydrogen-bond acceptors (Lipinski definition) is 4. The van der Waals surface area contributed by atoms with Gasteiger partial charge in [-0.2, -0.15) is 18.4 Å². The minimum Gasteiger partial charge on any atom is -0.411 e. The Balaban J connectivity index is 2.36. The molecule has 3 nitrogen and oxygen atoms in total. The molecule has 0 saturated heterocycles. The zero-order chi connectivity index (χ0) is 13.6. The topological polar surface area (TPSA) is 56.4 Å². The van der Waals surface area contributed by atoms with E-state index < -0.39 is 17.8 Å². The Morgan fingerprint density at radius 3 is 2.50 bits per heavy atom. The Morgan fingerprint density at radius 1 is 1.44 bits per heavy atom. The molecule has 7 heteroatoms. The molecule has 0 bridgehead atoms. The van der Waals surface area contributed by atoms with E-state index in [0.717, 1.165) is 11.8 Å². The highest BCUT2D eigenvalue weighted by Gasteiger charge is 2.30. The first-order valence-corrected chi connectivity index (χ1v) is 6.79. The molecule has 0 aliphatic heterocycles. The molecule has 0 aromatic heterocycles. The number of thioether (sulfide) groups is 1. The molecular weight excluding hydrogens is 265 g/mol. The maximum Gasteiger partial charge on any atom is 0.389 e. The third kappa shape index (κ3) is 5.17. The average Bonchev–Trinajstić information content (AvgIpc) is 2.34. The predicted molar refractivity (Wildman–Crippen MR) is 63.7 cm³/mol. The van der Waals surface area contributed by atoms with E-state index in [1.807, 2.05) is 0 Å². The summed E-state index contributed by atoms with van der Waals surface area (Å²) in [7, 11) is 0. The van der Waals surface area contributed by atoms with Crippen LogP contribution in [-0.4, -0.2) is 28.1 Å². The maximum atomic E-state index is 12.0. The number of nitriles is 1. The Hall–Kier alpha value is -0.900. The van der Waals surface area contributed by atoms with Gasteiger partial charge in [-0.05, 0) is 31.6 Å². The van der Waals surface area contributed by atoms with Crippen molar-refractivity contribution >= 4 is 17.5 Å². The van der Waals surface area contributed by atoms with Crippen molar-refractivity contribution in [3.05, 3.63) is 0 Å². The summed E-state index contributed by atoms with van der Waals surface area (Å²) in [6, 6.07) is 2.08. The normalized spacial score (nSPS) is 22.3. The van der Waals surface area contributed by atoms with E-state index >= 15 is 0 Å². The number of nitrogens with zero attached hydrogens (tertiary/aromatic N) is 2. The van der Waals surface area contributed by atoms with Crippen molar-refractivity contribution in [2.24, 2.45) is 11.1 Å². The summed E-state index contributed by atoms with van der Waals surface area (Å²) < 4.78 is 36.0. The Labute approximate surface area is 108 Å². The molecule has 18 heavy (non-hydrogen) atoms. The highest BCUT2D eigenvalue weighted by Crippen LogP contribution is 2.33. The molecule has 0 heterocycles. The van der Waals surface area contributed by atoms with Gasteiger partial charge in [0.15, 0.2) is 0 Å². The molecule has 0 amide bonds. The molecule has 0 aromatic rings. The predicted octanol–water partition coefficient (Wildman–Crippen LogP) is 3.58. The Kier molecular flexibility index (Phi) is 5.79. The highest BCUT2D eigenvalue weighted by molar-refractivity contribution is 8.00. The van der Waals surface area contributed by atoms with Gasteiger partial charge in [0.2, 0.25) is 0 Å². The minimum atomic E-state index is -4.16. The lowest BCUT2D eigenvalue weighted by molar-refractivity contribution is -0.129. The van der Waals surface area contributed by atoms with E-state index in [1.54, 1.807) is 0 Å². The summed E-state index contributed by atoms with van der Waals surface area (Å²) in [6.45, 7) is 0. The summed E-state index contributed by atoms with van der Waals surface area (Å²) in [5, 5.41) is 20.3. The lowest BCUT2D eigenvalue weighted by Gasteiger charge is -2.25. The molecule has 1 fully saturated rings. The van der Waals surface area contributed by atoms with Crippen molar-refractivity contribution in [3.8, 4) is 6.07 Å². The van der Waals surface area contributed by atoms with Gasteiger partial charge in [-0.25, -0.2) is 0 Å². The largest absolute Gasteiger partial charge is 0.411 e. The van der Waals surface area contributed by atoms with Gasteiger partial charge in [-0.1, -0.05) is 5.16 Å². The number of oxime groups is 1. The summed E-state index contributed by atoms with van der Waals surface area (Å²) in [5.41, 5.74) is 0.711. The molecule has 1 aliphatic rings. The minimum absolute atomic E-state index is 0.0703. The van der Waals surface area contributed by atoms with Gasteiger partial charge in [0.25, 0.3) is 0 Å². The number of halogens is 3. The smallest absolute Gasteiger partial charge is 0.389 e. The number of alkyl halides is 3. The van der Waals surface area contributed by atoms with Crippen molar-refractivity contribution in [3.63, 3.8) is 0 Å². The van der Waals surface area contributed by atoms with Crippen LogP contribution >= 0.6 is 11.8 Å². The second-order valence-corrected chi connectivity index (χ2v) is 5.54. The first-order chi connectivity index (χ1) is 8.46. The van der Waals surface area contributed by atoms with Crippen LogP contribution in [0.4, 0.5) is 13.2 Å². The van der Waals surface area contributed by atoms with Crippen LogP contribution in [0.3, 0.4) is 0 Å². The summed E-state index contributed by atoms with van der Waals surface area (Å²) in [6.07, 6.45) is -2.35. The van der Waals surface area contributed by atoms with Gasteiger partial charge in [0, 0.05) is 5.75 Å². The van der Waals surface area contributed by atoms with E-state index in [2.05, 4.69) is 11.2 Å². The van der Waals surface area contributed by atoms with E-state index in [-0.39, 0.29) is 11.7 Å². The fourth-order valence-corrected chi connectivity index (χ4v) is 3.18. The van der Waals surface area contributed by atoms with Gasteiger partial charge in [0.1, 0.15) is 0 Å². The van der Waals surface area contributed by atoms with Gasteiger partial charge in [0.05, 0.1) is 23.5 Å². The molecule has 0 spiro atoms. The van der Waals surface area contributed by atoms with E-state index in [1.165, 1.54) is 0 Å². The van der Waals surface area contributed by atoms with E-state index in [0.29, 0.717) is 31.4 Å². The van der Waals surface area contributed by atoms with Crippen LogP contribution in [0.5, 0.6) is 0 Å². The average molecular weight is 280 g/mol. The fourth-order valence-electron chi connectivity index (χ4n) is 1.96.